The topological polar surface area (TPSA) is 90.1 Å². The van der Waals surface area contributed by atoms with Crippen LogP contribution in [0.25, 0.3) is 11.0 Å². The van der Waals surface area contributed by atoms with Gasteiger partial charge in [-0.1, -0.05) is 6.42 Å². The number of H-pyrrole nitrogens is 1. The first kappa shape index (κ1) is 22.8. The zero-order valence-corrected chi connectivity index (χ0v) is 18.7. The van der Waals surface area contributed by atoms with Gasteiger partial charge in [-0.3, -0.25) is 4.90 Å². The molecule has 0 spiro atoms. The zero-order chi connectivity index (χ0) is 18.4. The highest BCUT2D eigenvalue weighted by Gasteiger charge is 2.45. The Morgan fingerprint density at radius 1 is 1.17 bits per heavy atom. The SMILES string of the molecule is Cl.Cl.O=S(=O)(NC[C@H]1[C@@H]2CNC[C@@H](C2)[C@@H]2CCCCN21)c1ccc2nc[nH]c2c1. The van der Waals surface area contributed by atoms with E-state index in [1.807, 2.05) is 0 Å². The lowest BCUT2D eigenvalue weighted by Gasteiger charge is -2.55. The number of sulfonamides is 1. The molecule has 3 N–H and O–H groups in total. The zero-order valence-electron chi connectivity index (χ0n) is 16.2. The molecule has 4 atom stereocenters. The normalized spacial score (nSPS) is 29.5. The van der Waals surface area contributed by atoms with Gasteiger partial charge in [-0.25, -0.2) is 18.1 Å². The molecule has 3 saturated heterocycles. The first-order valence-corrected chi connectivity index (χ1v) is 11.5. The van der Waals surface area contributed by atoms with Crippen molar-refractivity contribution in [3.63, 3.8) is 0 Å². The van der Waals surface area contributed by atoms with Crippen molar-refractivity contribution in [2.75, 3.05) is 26.2 Å². The number of hydrogen-bond acceptors (Lipinski definition) is 5. The van der Waals surface area contributed by atoms with Crippen LogP contribution in [0.3, 0.4) is 0 Å². The monoisotopic (exact) mass is 461 g/mol. The molecular formula is C19H29Cl2N5O2S. The van der Waals surface area contributed by atoms with Crippen molar-refractivity contribution in [3.8, 4) is 0 Å². The van der Waals surface area contributed by atoms with E-state index >= 15 is 0 Å². The van der Waals surface area contributed by atoms with Gasteiger partial charge in [0, 0.05) is 18.6 Å². The van der Waals surface area contributed by atoms with Crippen molar-refractivity contribution in [1.82, 2.24) is 24.9 Å². The van der Waals surface area contributed by atoms with Crippen molar-refractivity contribution >= 4 is 45.9 Å². The number of nitrogens with zero attached hydrogens (tertiary/aromatic N) is 2. The highest BCUT2D eigenvalue weighted by atomic mass is 35.5. The fourth-order valence-corrected chi connectivity index (χ4v) is 6.49. The molecule has 0 amide bonds. The Bertz CT molecular complexity index is 938. The van der Waals surface area contributed by atoms with E-state index in [-0.39, 0.29) is 30.9 Å². The van der Waals surface area contributed by atoms with Crippen molar-refractivity contribution in [2.24, 2.45) is 11.8 Å². The predicted octanol–water partition coefficient (Wildman–Crippen LogP) is 2.15. The van der Waals surface area contributed by atoms with Gasteiger partial charge < -0.3 is 10.3 Å². The molecule has 7 nitrogen and oxygen atoms in total. The van der Waals surface area contributed by atoms with E-state index in [0.717, 1.165) is 36.6 Å². The quantitative estimate of drug-likeness (QED) is 0.648. The van der Waals surface area contributed by atoms with Gasteiger partial charge >= 0.3 is 0 Å². The average Bonchev–Trinajstić information content (AvgIpc) is 3.16. The molecule has 5 rings (SSSR count). The summed E-state index contributed by atoms with van der Waals surface area (Å²) in [6.07, 6.45) is 6.58. The lowest BCUT2D eigenvalue weighted by atomic mass is 9.73. The van der Waals surface area contributed by atoms with Crippen LogP contribution >= 0.6 is 24.8 Å². The smallest absolute Gasteiger partial charge is 0.240 e. The molecule has 4 heterocycles. The number of rotatable bonds is 4. The van der Waals surface area contributed by atoms with Gasteiger partial charge in [0.1, 0.15) is 0 Å². The molecule has 0 radical (unpaired) electrons. The van der Waals surface area contributed by atoms with Crippen LogP contribution in [0.1, 0.15) is 25.7 Å². The Morgan fingerprint density at radius 2 is 2.00 bits per heavy atom. The summed E-state index contributed by atoms with van der Waals surface area (Å²) in [5.41, 5.74) is 1.52. The lowest BCUT2D eigenvalue weighted by Crippen LogP contribution is -2.65. The number of halogens is 2. The highest BCUT2D eigenvalue weighted by molar-refractivity contribution is 7.89. The number of imidazole rings is 1. The third-order valence-corrected chi connectivity index (χ3v) is 8.13. The van der Waals surface area contributed by atoms with Gasteiger partial charge in [0.15, 0.2) is 0 Å². The Morgan fingerprint density at radius 3 is 2.86 bits per heavy atom. The van der Waals surface area contributed by atoms with Gasteiger partial charge in [-0.15, -0.1) is 24.8 Å². The summed E-state index contributed by atoms with van der Waals surface area (Å²) in [7, 11) is -3.54. The van der Waals surface area contributed by atoms with Gasteiger partial charge in [-0.05, 0) is 68.9 Å². The molecule has 0 saturated carbocycles. The Labute approximate surface area is 184 Å². The van der Waals surface area contributed by atoms with Crippen molar-refractivity contribution in [2.45, 2.75) is 42.7 Å². The maximum Gasteiger partial charge on any atom is 0.240 e. The van der Waals surface area contributed by atoms with Crippen molar-refractivity contribution < 1.29 is 8.42 Å². The molecule has 162 valence electrons. The first-order chi connectivity index (χ1) is 13.1. The van der Waals surface area contributed by atoms with E-state index in [2.05, 4.69) is 24.9 Å². The summed E-state index contributed by atoms with van der Waals surface area (Å²) >= 11 is 0. The van der Waals surface area contributed by atoms with E-state index < -0.39 is 10.0 Å². The van der Waals surface area contributed by atoms with Gasteiger partial charge in [-0.2, -0.15) is 0 Å². The number of piperidine rings is 3. The summed E-state index contributed by atoms with van der Waals surface area (Å²) in [5.74, 6) is 1.25. The summed E-state index contributed by atoms with van der Waals surface area (Å²) in [6.45, 7) is 3.69. The third-order valence-electron chi connectivity index (χ3n) is 6.71. The van der Waals surface area contributed by atoms with Crippen LogP contribution in [0.5, 0.6) is 0 Å². The van der Waals surface area contributed by atoms with Crippen LogP contribution in [0.15, 0.2) is 29.4 Å². The molecule has 10 heteroatoms. The molecule has 3 fully saturated rings. The fourth-order valence-electron chi connectivity index (χ4n) is 5.41. The average molecular weight is 462 g/mol. The lowest BCUT2D eigenvalue weighted by molar-refractivity contribution is -0.0360. The molecule has 3 aliphatic heterocycles. The number of aromatic nitrogens is 2. The molecule has 1 aromatic heterocycles. The van der Waals surface area contributed by atoms with Crippen LogP contribution in [-0.4, -0.2) is 61.5 Å². The number of hydrogen-bond donors (Lipinski definition) is 3. The molecule has 1 aromatic carbocycles. The van der Waals surface area contributed by atoms with Gasteiger partial charge in [0.25, 0.3) is 0 Å². The van der Waals surface area contributed by atoms with Crippen LogP contribution < -0.4 is 10.0 Å². The first-order valence-electron chi connectivity index (χ1n) is 10.0. The third kappa shape index (κ3) is 4.29. The number of nitrogens with one attached hydrogen (secondary N) is 3. The largest absolute Gasteiger partial charge is 0.345 e. The molecule has 3 aliphatic rings. The van der Waals surface area contributed by atoms with E-state index in [1.165, 1.54) is 25.7 Å². The second-order valence-corrected chi connectivity index (χ2v) is 9.98. The Balaban J connectivity index is 0.00000120. The molecule has 29 heavy (non-hydrogen) atoms. The molecule has 0 aliphatic carbocycles. The summed E-state index contributed by atoms with van der Waals surface area (Å²) < 4.78 is 28.7. The van der Waals surface area contributed by atoms with E-state index in [9.17, 15) is 8.42 Å². The van der Waals surface area contributed by atoms with Gasteiger partial charge in [0.2, 0.25) is 10.0 Å². The predicted molar refractivity (Wildman–Crippen MR) is 118 cm³/mol. The molecule has 2 aromatic rings. The fraction of sp³-hybridized carbons (Fsp3) is 0.632. The summed E-state index contributed by atoms with van der Waals surface area (Å²) in [5, 5.41) is 3.58. The summed E-state index contributed by atoms with van der Waals surface area (Å²) in [4.78, 5) is 10.1. The number of fused-ring (bicyclic) bond motifs is 5. The van der Waals surface area contributed by atoms with E-state index in [0.29, 0.717) is 23.4 Å². The highest BCUT2D eigenvalue weighted by Crippen LogP contribution is 2.38. The van der Waals surface area contributed by atoms with Crippen LogP contribution in [0, 0.1) is 11.8 Å². The maximum absolute atomic E-state index is 12.9. The Hall–Kier alpha value is -0.900. The molecule has 0 unspecified atom stereocenters. The Kier molecular flexibility index (Phi) is 7.13. The number of aromatic amines is 1. The molecule has 2 bridgehead atoms. The minimum absolute atomic E-state index is 0. The van der Waals surface area contributed by atoms with Crippen LogP contribution in [-0.2, 0) is 10.0 Å². The van der Waals surface area contributed by atoms with Crippen molar-refractivity contribution in [1.29, 1.82) is 0 Å². The number of benzene rings is 1. The van der Waals surface area contributed by atoms with Crippen LogP contribution in [0.2, 0.25) is 0 Å². The second-order valence-electron chi connectivity index (χ2n) is 8.22. The summed E-state index contributed by atoms with van der Waals surface area (Å²) in [6, 6.07) is 5.93. The van der Waals surface area contributed by atoms with E-state index in [4.69, 9.17) is 0 Å². The second kappa shape index (κ2) is 9.08. The van der Waals surface area contributed by atoms with Crippen LogP contribution in [0.4, 0.5) is 0 Å². The maximum atomic E-state index is 12.9. The van der Waals surface area contributed by atoms with Gasteiger partial charge in [0.05, 0.1) is 22.3 Å². The minimum atomic E-state index is -3.54. The standard InChI is InChI=1S/C19H27N5O2S.2ClH/c25-27(26,15-4-5-16-17(8-15)22-12-21-16)23-11-19-14-7-13(9-20-10-14)18-3-1-2-6-24(18)19;;/h4-5,8,12-14,18-20,23H,1-3,6-7,9-11H2,(H,21,22);2*1H/t13-,14+,18+,19+;;/m1../s1. The molecular weight excluding hydrogens is 433 g/mol. The minimum Gasteiger partial charge on any atom is -0.345 e. The van der Waals surface area contributed by atoms with Crippen molar-refractivity contribution in [3.05, 3.63) is 24.5 Å². The van der Waals surface area contributed by atoms with E-state index in [1.54, 1.807) is 24.5 Å².